The zero-order valence-corrected chi connectivity index (χ0v) is 19.7. The first-order chi connectivity index (χ1) is 15.9. The van der Waals surface area contributed by atoms with Crippen LogP contribution in [0.2, 0.25) is 0 Å². The van der Waals surface area contributed by atoms with Crippen molar-refractivity contribution in [3.63, 3.8) is 0 Å². The maximum atomic E-state index is 13.3. The van der Waals surface area contributed by atoms with Gasteiger partial charge in [0.25, 0.3) is 5.91 Å². The number of rotatable bonds is 7. The highest BCUT2D eigenvalue weighted by molar-refractivity contribution is 8.00. The van der Waals surface area contributed by atoms with E-state index in [1.54, 1.807) is 13.8 Å². The summed E-state index contributed by atoms with van der Waals surface area (Å²) in [6, 6.07) is 12.3. The standard InChI is InChI=1S/C24H28F3N3O3S/c1-23(2)20(21(32)29-13-16-10-6-7-11-17(16)24(25,26)27)30(14-34-23)22(33)19(31)18(28)12-15-8-4-3-5-9-15/h3-11,18-20,31H,12-14,28H2,1-2H3,(H,29,32)/t18-,19-,20+/m0/s1. The van der Waals surface area contributed by atoms with Crippen molar-refractivity contribution in [1.82, 2.24) is 10.2 Å². The quantitative estimate of drug-likeness (QED) is 0.549. The summed E-state index contributed by atoms with van der Waals surface area (Å²) in [5.41, 5.74) is 6.04. The number of carbonyl (C=O) groups is 2. The number of nitrogens with zero attached hydrogens (tertiary/aromatic N) is 1. The summed E-state index contributed by atoms with van der Waals surface area (Å²) in [6.07, 6.45) is -5.82. The van der Waals surface area contributed by atoms with E-state index in [9.17, 15) is 27.9 Å². The first-order valence-corrected chi connectivity index (χ1v) is 11.7. The molecule has 0 spiro atoms. The third kappa shape index (κ3) is 5.92. The number of amides is 2. The molecule has 6 nitrogen and oxygen atoms in total. The van der Waals surface area contributed by atoms with Crippen LogP contribution < -0.4 is 11.1 Å². The van der Waals surface area contributed by atoms with Crippen LogP contribution in [0.25, 0.3) is 0 Å². The molecule has 2 amide bonds. The molecule has 0 bridgehead atoms. The van der Waals surface area contributed by atoms with Crippen LogP contribution in [0.4, 0.5) is 13.2 Å². The van der Waals surface area contributed by atoms with Crippen molar-refractivity contribution in [3.8, 4) is 0 Å². The summed E-state index contributed by atoms with van der Waals surface area (Å²) in [6.45, 7) is 3.20. The SMILES string of the molecule is CC1(C)SCN(C(=O)[C@@H](O)[C@@H](N)Cc2ccccc2)[C@@H]1C(=O)NCc1ccccc1C(F)(F)F. The Bertz CT molecular complexity index is 1020. The summed E-state index contributed by atoms with van der Waals surface area (Å²) in [5, 5.41) is 13.2. The van der Waals surface area contributed by atoms with Crippen LogP contribution in [0, 0.1) is 0 Å². The molecule has 1 aliphatic heterocycles. The molecule has 34 heavy (non-hydrogen) atoms. The number of hydrogen-bond acceptors (Lipinski definition) is 5. The van der Waals surface area contributed by atoms with Crippen LogP contribution in [-0.2, 0) is 28.7 Å². The molecule has 3 atom stereocenters. The van der Waals surface area contributed by atoms with Gasteiger partial charge in [0.05, 0.1) is 11.4 Å². The van der Waals surface area contributed by atoms with Gasteiger partial charge in [-0.1, -0.05) is 48.5 Å². The predicted molar refractivity (Wildman–Crippen MR) is 125 cm³/mol. The van der Waals surface area contributed by atoms with Crippen molar-refractivity contribution in [3.05, 3.63) is 71.3 Å². The van der Waals surface area contributed by atoms with Gasteiger partial charge in [-0.25, -0.2) is 0 Å². The van der Waals surface area contributed by atoms with E-state index in [0.29, 0.717) is 0 Å². The number of benzene rings is 2. The van der Waals surface area contributed by atoms with Crippen molar-refractivity contribution < 1.29 is 27.9 Å². The number of thioether (sulfide) groups is 1. The summed E-state index contributed by atoms with van der Waals surface area (Å²) in [4.78, 5) is 27.4. The topological polar surface area (TPSA) is 95.7 Å². The molecular weight excluding hydrogens is 467 g/mol. The van der Waals surface area contributed by atoms with Gasteiger partial charge >= 0.3 is 6.18 Å². The highest BCUT2D eigenvalue weighted by Gasteiger charge is 2.49. The van der Waals surface area contributed by atoms with E-state index in [-0.39, 0.29) is 24.4 Å². The van der Waals surface area contributed by atoms with Crippen molar-refractivity contribution in [2.75, 3.05) is 5.88 Å². The third-order valence-corrected chi connectivity index (χ3v) is 7.20. The van der Waals surface area contributed by atoms with E-state index in [2.05, 4.69) is 5.32 Å². The molecule has 1 saturated heterocycles. The van der Waals surface area contributed by atoms with Crippen LogP contribution in [0.5, 0.6) is 0 Å². The fraction of sp³-hybridized carbons (Fsp3) is 0.417. The molecule has 2 aromatic carbocycles. The maximum absolute atomic E-state index is 13.3. The second kappa shape index (κ2) is 10.4. The molecule has 4 N–H and O–H groups in total. The fourth-order valence-corrected chi connectivity index (χ4v) is 5.13. The second-order valence-corrected chi connectivity index (χ2v) is 10.4. The highest BCUT2D eigenvalue weighted by atomic mass is 32.2. The van der Waals surface area contributed by atoms with Crippen LogP contribution in [0.15, 0.2) is 54.6 Å². The van der Waals surface area contributed by atoms with E-state index >= 15 is 0 Å². The number of aliphatic hydroxyl groups excluding tert-OH is 1. The number of carbonyl (C=O) groups excluding carboxylic acids is 2. The minimum absolute atomic E-state index is 0.0744. The zero-order valence-electron chi connectivity index (χ0n) is 18.9. The summed E-state index contributed by atoms with van der Waals surface area (Å²) >= 11 is 1.35. The second-order valence-electron chi connectivity index (χ2n) is 8.76. The number of nitrogens with two attached hydrogens (primary N) is 1. The Morgan fingerprint density at radius 1 is 1.18 bits per heavy atom. The van der Waals surface area contributed by atoms with Gasteiger partial charge in [0.1, 0.15) is 12.1 Å². The number of alkyl halides is 3. The zero-order chi connectivity index (χ0) is 25.1. The largest absolute Gasteiger partial charge is 0.416 e. The Morgan fingerprint density at radius 2 is 1.79 bits per heavy atom. The predicted octanol–water partition coefficient (Wildman–Crippen LogP) is 2.93. The summed E-state index contributed by atoms with van der Waals surface area (Å²) in [5.74, 6) is -1.13. The fourth-order valence-electron chi connectivity index (χ4n) is 3.99. The molecule has 1 heterocycles. The lowest BCUT2D eigenvalue weighted by Crippen LogP contribution is -2.57. The average Bonchev–Trinajstić information content (AvgIpc) is 3.11. The Balaban J connectivity index is 1.72. The van der Waals surface area contributed by atoms with E-state index in [1.165, 1.54) is 34.9 Å². The van der Waals surface area contributed by atoms with Crippen LogP contribution in [0.3, 0.4) is 0 Å². The minimum atomic E-state index is -4.55. The molecule has 0 radical (unpaired) electrons. The van der Waals surface area contributed by atoms with E-state index < -0.39 is 46.5 Å². The van der Waals surface area contributed by atoms with Crippen molar-refractivity contribution in [2.45, 2.75) is 55.9 Å². The molecule has 2 aromatic rings. The van der Waals surface area contributed by atoms with Gasteiger partial charge in [0.2, 0.25) is 5.91 Å². The van der Waals surface area contributed by atoms with Crippen molar-refractivity contribution in [1.29, 1.82) is 0 Å². The van der Waals surface area contributed by atoms with E-state index in [1.807, 2.05) is 30.3 Å². The number of aliphatic hydroxyl groups is 1. The minimum Gasteiger partial charge on any atom is -0.382 e. The molecule has 0 aromatic heterocycles. The van der Waals surface area contributed by atoms with Gasteiger partial charge in [-0.15, -0.1) is 11.8 Å². The van der Waals surface area contributed by atoms with E-state index in [0.717, 1.165) is 11.6 Å². The smallest absolute Gasteiger partial charge is 0.382 e. The van der Waals surface area contributed by atoms with Crippen LogP contribution in [-0.4, -0.2) is 50.6 Å². The monoisotopic (exact) mass is 495 g/mol. The van der Waals surface area contributed by atoms with E-state index in [4.69, 9.17) is 5.73 Å². The molecule has 184 valence electrons. The molecule has 3 rings (SSSR count). The third-order valence-electron chi connectivity index (χ3n) is 5.83. The lowest BCUT2D eigenvalue weighted by atomic mass is 9.97. The Labute approximate surface area is 200 Å². The van der Waals surface area contributed by atoms with Gasteiger partial charge in [-0.05, 0) is 37.5 Å². The highest BCUT2D eigenvalue weighted by Crippen LogP contribution is 2.40. The van der Waals surface area contributed by atoms with Crippen molar-refractivity contribution >= 4 is 23.6 Å². The van der Waals surface area contributed by atoms with Gasteiger partial charge in [0, 0.05) is 17.3 Å². The molecule has 1 fully saturated rings. The van der Waals surface area contributed by atoms with Gasteiger partial charge < -0.3 is 21.1 Å². The average molecular weight is 496 g/mol. The Kier molecular flexibility index (Phi) is 7.95. The Hall–Kier alpha value is -2.56. The van der Waals surface area contributed by atoms with Gasteiger partial charge in [-0.3, -0.25) is 9.59 Å². The molecule has 0 unspecified atom stereocenters. The molecule has 0 saturated carbocycles. The Morgan fingerprint density at radius 3 is 2.44 bits per heavy atom. The number of nitrogens with one attached hydrogen (secondary N) is 1. The number of halogens is 3. The first-order valence-electron chi connectivity index (χ1n) is 10.8. The molecule has 1 aliphatic rings. The lowest BCUT2D eigenvalue weighted by molar-refractivity contribution is -0.147. The first kappa shape index (κ1) is 26.1. The molecule has 0 aliphatic carbocycles. The van der Waals surface area contributed by atoms with Gasteiger partial charge in [0.15, 0.2) is 0 Å². The summed E-state index contributed by atoms with van der Waals surface area (Å²) in [7, 11) is 0. The molecular formula is C24H28F3N3O3S. The lowest BCUT2D eigenvalue weighted by Gasteiger charge is -2.32. The maximum Gasteiger partial charge on any atom is 0.416 e. The molecule has 10 heteroatoms. The summed E-state index contributed by atoms with van der Waals surface area (Å²) < 4.78 is 39.1. The normalized spacial score (nSPS) is 19.5. The van der Waals surface area contributed by atoms with Gasteiger partial charge in [-0.2, -0.15) is 13.2 Å². The number of hydrogen-bond donors (Lipinski definition) is 3. The van der Waals surface area contributed by atoms with Crippen LogP contribution >= 0.6 is 11.8 Å². The van der Waals surface area contributed by atoms with Crippen molar-refractivity contribution in [2.24, 2.45) is 5.73 Å². The van der Waals surface area contributed by atoms with Crippen LogP contribution in [0.1, 0.15) is 30.5 Å².